The zero-order valence-corrected chi connectivity index (χ0v) is 16.3. The molecule has 142 valence electrons. The number of rotatable bonds is 4. The maximum Gasteiger partial charge on any atom is 0.259 e. The summed E-state index contributed by atoms with van der Waals surface area (Å²) in [7, 11) is 0. The lowest BCUT2D eigenvalue weighted by atomic mass is 9.90. The molecule has 1 N–H and O–H groups in total. The van der Waals surface area contributed by atoms with Gasteiger partial charge in [0.05, 0.1) is 28.2 Å². The number of hydrogen-bond donors (Lipinski definition) is 1. The second-order valence-corrected chi connectivity index (χ2v) is 7.23. The summed E-state index contributed by atoms with van der Waals surface area (Å²) in [6.07, 6.45) is 4.51. The Morgan fingerprint density at radius 2 is 2.04 bits per heavy atom. The number of hydrogen-bond acceptors (Lipinski definition) is 3. The van der Waals surface area contributed by atoms with Crippen LogP contribution in [0.3, 0.4) is 0 Å². The van der Waals surface area contributed by atoms with E-state index in [1.807, 2.05) is 31.2 Å². The van der Waals surface area contributed by atoms with Crippen LogP contribution in [0, 0.1) is 0 Å². The fourth-order valence-electron chi connectivity index (χ4n) is 3.66. The van der Waals surface area contributed by atoms with Gasteiger partial charge in [-0.15, -0.1) is 0 Å². The summed E-state index contributed by atoms with van der Waals surface area (Å²) in [5.41, 5.74) is 4.50. The predicted molar refractivity (Wildman–Crippen MR) is 110 cm³/mol. The number of para-hydroxylation sites is 1. The molecule has 5 nitrogen and oxygen atoms in total. The fraction of sp³-hybridized carbons (Fsp3) is 0.227. The second-order valence-electron chi connectivity index (χ2n) is 6.82. The van der Waals surface area contributed by atoms with Gasteiger partial charge in [-0.2, -0.15) is 5.10 Å². The molecule has 0 radical (unpaired) electrons. The Kier molecular flexibility index (Phi) is 5.01. The van der Waals surface area contributed by atoms with Gasteiger partial charge in [-0.05, 0) is 55.2 Å². The zero-order chi connectivity index (χ0) is 19.7. The van der Waals surface area contributed by atoms with E-state index in [2.05, 4.69) is 10.4 Å². The van der Waals surface area contributed by atoms with Crippen molar-refractivity contribution >= 4 is 29.0 Å². The number of aryl methyl sites for hydroxylation is 1. The molecule has 2 aromatic carbocycles. The second kappa shape index (κ2) is 7.60. The Balaban J connectivity index is 1.63. The van der Waals surface area contributed by atoms with Crippen LogP contribution in [0.5, 0.6) is 0 Å². The van der Waals surface area contributed by atoms with Gasteiger partial charge in [0.25, 0.3) is 5.91 Å². The molecule has 1 heterocycles. The minimum atomic E-state index is -0.225. The van der Waals surface area contributed by atoms with E-state index in [4.69, 9.17) is 11.6 Å². The lowest BCUT2D eigenvalue weighted by molar-refractivity contribution is 0.0971. The number of anilines is 1. The molecule has 1 amide bonds. The summed E-state index contributed by atoms with van der Waals surface area (Å²) in [6, 6.07) is 12.9. The van der Waals surface area contributed by atoms with Crippen LogP contribution < -0.4 is 5.32 Å². The maximum absolute atomic E-state index is 12.9. The van der Waals surface area contributed by atoms with Crippen LogP contribution in [0.2, 0.25) is 5.02 Å². The van der Waals surface area contributed by atoms with Crippen molar-refractivity contribution in [3.63, 3.8) is 0 Å². The van der Waals surface area contributed by atoms with Crippen molar-refractivity contribution in [3.05, 3.63) is 76.1 Å². The van der Waals surface area contributed by atoms with Gasteiger partial charge < -0.3 is 5.32 Å². The highest BCUT2D eigenvalue weighted by Gasteiger charge is 2.20. The molecule has 28 heavy (non-hydrogen) atoms. The molecule has 1 aliphatic rings. The Labute approximate surface area is 168 Å². The maximum atomic E-state index is 12.9. The van der Waals surface area contributed by atoms with E-state index in [9.17, 15) is 9.59 Å². The molecule has 0 atom stereocenters. The highest BCUT2D eigenvalue weighted by molar-refractivity contribution is 6.32. The Morgan fingerprint density at radius 1 is 1.21 bits per heavy atom. The summed E-state index contributed by atoms with van der Waals surface area (Å²) in [5, 5.41) is 7.90. The number of halogens is 1. The van der Waals surface area contributed by atoms with E-state index in [-0.39, 0.29) is 11.7 Å². The molecular formula is C22H20ClN3O2. The van der Waals surface area contributed by atoms with Gasteiger partial charge in [0.1, 0.15) is 0 Å². The van der Waals surface area contributed by atoms with Gasteiger partial charge in [-0.3, -0.25) is 9.59 Å². The highest BCUT2D eigenvalue weighted by atomic mass is 35.5. The van der Waals surface area contributed by atoms with Gasteiger partial charge >= 0.3 is 0 Å². The van der Waals surface area contributed by atoms with Crippen LogP contribution >= 0.6 is 11.6 Å². The summed E-state index contributed by atoms with van der Waals surface area (Å²) < 4.78 is 1.71. The van der Waals surface area contributed by atoms with Crippen molar-refractivity contribution in [2.75, 3.05) is 5.32 Å². The van der Waals surface area contributed by atoms with Gasteiger partial charge in [-0.1, -0.05) is 30.7 Å². The summed E-state index contributed by atoms with van der Waals surface area (Å²) >= 11 is 6.30. The first-order valence-electron chi connectivity index (χ1n) is 9.37. The van der Waals surface area contributed by atoms with E-state index >= 15 is 0 Å². The number of nitrogens with one attached hydrogen (secondary N) is 1. The first kappa shape index (κ1) is 18.4. The molecule has 1 aromatic heterocycles. The number of Topliss-reactive ketones (excluding diaryl/α,β-unsaturated/α-hetero) is 1. The molecule has 0 saturated heterocycles. The molecular weight excluding hydrogens is 374 g/mol. The first-order valence-corrected chi connectivity index (χ1v) is 9.75. The van der Waals surface area contributed by atoms with E-state index in [1.54, 1.807) is 29.1 Å². The van der Waals surface area contributed by atoms with Crippen molar-refractivity contribution in [3.8, 4) is 5.69 Å². The van der Waals surface area contributed by atoms with Crippen LogP contribution in [0.1, 0.15) is 51.7 Å². The summed E-state index contributed by atoms with van der Waals surface area (Å²) in [6.45, 7) is 1.98. The standard InChI is InChI=1S/C22H20ClN3O2/c1-2-19-17(13-24-26(19)20-8-4-3-7-18(20)23)22(28)25-15-10-11-16-14(12-15)6-5-9-21(16)27/h3-4,7-8,10-13H,2,5-6,9H2,1H3,(H,25,28). The third-order valence-electron chi connectivity index (χ3n) is 5.04. The molecule has 0 bridgehead atoms. The molecule has 0 spiro atoms. The van der Waals surface area contributed by atoms with Crippen LogP contribution in [-0.2, 0) is 12.8 Å². The molecule has 0 unspecified atom stereocenters. The minimum Gasteiger partial charge on any atom is -0.322 e. The van der Waals surface area contributed by atoms with Gasteiger partial charge in [-0.25, -0.2) is 4.68 Å². The van der Waals surface area contributed by atoms with Crippen molar-refractivity contribution in [2.24, 2.45) is 0 Å². The number of ketones is 1. The normalized spacial score (nSPS) is 13.3. The third kappa shape index (κ3) is 3.34. The smallest absolute Gasteiger partial charge is 0.259 e. The summed E-state index contributed by atoms with van der Waals surface area (Å²) in [5.74, 6) is -0.0503. The lowest BCUT2D eigenvalue weighted by Gasteiger charge is -2.16. The number of amides is 1. The number of carbonyl (C=O) groups is 2. The summed E-state index contributed by atoms with van der Waals surface area (Å²) in [4.78, 5) is 24.9. The molecule has 1 aliphatic carbocycles. The molecule has 3 aromatic rings. The number of aromatic nitrogens is 2. The Bertz CT molecular complexity index is 1070. The molecule has 0 fully saturated rings. The average molecular weight is 394 g/mol. The van der Waals surface area contributed by atoms with Crippen LogP contribution in [0.25, 0.3) is 5.69 Å². The Morgan fingerprint density at radius 3 is 2.82 bits per heavy atom. The van der Waals surface area contributed by atoms with E-state index in [0.29, 0.717) is 29.1 Å². The molecule has 0 saturated carbocycles. The van der Waals surface area contributed by atoms with Gasteiger partial charge in [0, 0.05) is 17.7 Å². The molecule has 4 rings (SSSR count). The number of fused-ring (bicyclic) bond motifs is 1. The van der Waals surface area contributed by atoms with Crippen LogP contribution in [0.15, 0.2) is 48.7 Å². The predicted octanol–water partition coefficient (Wildman–Crippen LogP) is 4.86. The fourth-order valence-corrected chi connectivity index (χ4v) is 3.87. The van der Waals surface area contributed by atoms with Gasteiger partial charge in [0.15, 0.2) is 5.78 Å². The topological polar surface area (TPSA) is 64.0 Å². The monoisotopic (exact) mass is 393 g/mol. The average Bonchev–Trinajstić information content (AvgIpc) is 3.12. The van der Waals surface area contributed by atoms with Crippen molar-refractivity contribution in [1.82, 2.24) is 9.78 Å². The third-order valence-corrected chi connectivity index (χ3v) is 5.36. The van der Waals surface area contributed by atoms with Crippen molar-refractivity contribution in [2.45, 2.75) is 32.6 Å². The largest absolute Gasteiger partial charge is 0.322 e. The van der Waals surface area contributed by atoms with Crippen molar-refractivity contribution < 1.29 is 9.59 Å². The quantitative estimate of drug-likeness (QED) is 0.688. The minimum absolute atomic E-state index is 0.174. The highest BCUT2D eigenvalue weighted by Crippen LogP contribution is 2.26. The lowest BCUT2D eigenvalue weighted by Crippen LogP contribution is -2.16. The van der Waals surface area contributed by atoms with Crippen LogP contribution in [-0.4, -0.2) is 21.5 Å². The first-order chi connectivity index (χ1) is 13.6. The van der Waals surface area contributed by atoms with Gasteiger partial charge in [0.2, 0.25) is 0 Å². The molecule has 6 heteroatoms. The number of benzene rings is 2. The van der Waals surface area contributed by atoms with E-state index in [0.717, 1.165) is 35.3 Å². The Hall–Kier alpha value is -2.92. The number of carbonyl (C=O) groups excluding carboxylic acids is 2. The van der Waals surface area contributed by atoms with Crippen molar-refractivity contribution in [1.29, 1.82) is 0 Å². The molecule has 0 aliphatic heterocycles. The zero-order valence-electron chi connectivity index (χ0n) is 15.5. The van der Waals surface area contributed by atoms with Crippen LogP contribution in [0.4, 0.5) is 5.69 Å². The van der Waals surface area contributed by atoms with E-state index in [1.165, 1.54) is 0 Å². The SMILES string of the molecule is CCc1c(C(=O)Nc2ccc3c(c2)CCCC3=O)cnn1-c1ccccc1Cl. The van der Waals surface area contributed by atoms with E-state index < -0.39 is 0 Å². The number of nitrogens with zero attached hydrogens (tertiary/aromatic N) is 2.